The van der Waals surface area contributed by atoms with Gasteiger partial charge in [-0.1, -0.05) is 12.8 Å². The number of hydrogen-bond acceptors (Lipinski definition) is 3. The molecule has 3 atom stereocenters. The number of hydrogen-bond donors (Lipinski definition) is 3. The Morgan fingerprint density at radius 1 is 1.33 bits per heavy atom. The number of aliphatic hydroxyl groups excluding tert-OH is 1. The minimum Gasteiger partial charge on any atom is -0.396 e. The summed E-state index contributed by atoms with van der Waals surface area (Å²) < 4.78 is 0. The number of amides is 1. The van der Waals surface area contributed by atoms with Gasteiger partial charge in [-0.25, -0.2) is 0 Å². The van der Waals surface area contributed by atoms with Crippen molar-refractivity contribution in [2.24, 2.45) is 11.8 Å². The van der Waals surface area contributed by atoms with E-state index in [1.54, 1.807) is 0 Å². The molecule has 2 rings (SSSR count). The lowest BCUT2D eigenvalue weighted by molar-refractivity contribution is -0.126. The molecule has 0 spiro atoms. The third-order valence-corrected chi connectivity index (χ3v) is 4.70. The van der Waals surface area contributed by atoms with E-state index in [0.717, 1.165) is 38.8 Å². The van der Waals surface area contributed by atoms with Gasteiger partial charge in [-0.2, -0.15) is 0 Å². The Morgan fingerprint density at radius 3 is 2.67 bits per heavy atom. The molecule has 0 aromatic carbocycles. The third kappa shape index (κ3) is 3.04. The van der Waals surface area contributed by atoms with Crippen molar-refractivity contribution < 1.29 is 9.90 Å². The fraction of sp³-hybridized carbons (Fsp3) is 0.929. The number of rotatable bonds is 4. The van der Waals surface area contributed by atoms with E-state index in [-0.39, 0.29) is 18.1 Å². The van der Waals surface area contributed by atoms with Gasteiger partial charge in [0.05, 0.1) is 5.54 Å². The minimum absolute atomic E-state index is 0.127. The van der Waals surface area contributed by atoms with E-state index in [9.17, 15) is 9.90 Å². The first-order valence-electron chi connectivity index (χ1n) is 7.30. The predicted molar refractivity (Wildman–Crippen MR) is 71.2 cm³/mol. The Hall–Kier alpha value is -0.610. The predicted octanol–water partition coefficient (Wildman–Crippen LogP) is 1.04. The summed E-state index contributed by atoms with van der Waals surface area (Å²) in [5.41, 5.74) is -0.372. The molecule has 1 amide bonds. The number of carbonyl (C=O) groups is 1. The van der Waals surface area contributed by atoms with Crippen LogP contribution in [0.15, 0.2) is 0 Å². The van der Waals surface area contributed by atoms with Crippen LogP contribution in [0.4, 0.5) is 0 Å². The highest BCUT2D eigenvalue weighted by molar-refractivity contribution is 5.86. The van der Waals surface area contributed by atoms with Crippen LogP contribution < -0.4 is 10.6 Å². The Morgan fingerprint density at radius 2 is 2.06 bits per heavy atom. The van der Waals surface area contributed by atoms with Crippen molar-refractivity contribution in [3.63, 3.8) is 0 Å². The van der Waals surface area contributed by atoms with Crippen LogP contribution in [-0.2, 0) is 4.79 Å². The highest BCUT2D eigenvalue weighted by Crippen LogP contribution is 2.29. The monoisotopic (exact) mass is 254 g/mol. The zero-order chi connectivity index (χ0) is 13.0. The van der Waals surface area contributed by atoms with Gasteiger partial charge in [0.1, 0.15) is 0 Å². The van der Waals surface area contributed by atoms with Crippen LogP contribution in [0.1, 0.15) is 45.4 Å². The molecule has 104 valence electrons. The van der Waals surface area contributed by atoms with Crippen molar-refractivity contribution in [2.75, 3.05) is 19.7 Å². The van der Waals surface area contributed by atoms with E-state index in [1.165, 1.54) is 12.8 Å². The minimum atomic E-state index is -0.372. The zero-order valence-electron chi connectivity index (χ0n) is 11.4. The maximum absolute atomic E-state index is 12.2. The molecule has 1 aliphatic heterocycles. The molecular formula is C14H26N2O2. The summed E-state index contributed by atoms with van der Waals surface area (Å²) in [5.74, 6) is 0.961. The van der Waals surface area contributed by atoms with Crippen molar-refractivity contribution in [3.05, 3.63) is 0 Å². The molecule has 1 saturated carbocycles. The van der Waals surface area contributed by atoms with Crippen molar-refractivity contribution in [1.82, 2.24) is 10.6 Å². The summed E-state index contributed by atoms with van der Waals surface area (Å²) in [5, 5.41) is 15.7. The first-order chi connectivity index (χ1) is 8.65. The second-order valence-electron chi connectivity index (χ2n) is 6.06. The molecule has 3 N–H and O–H groups in total. The lowest BCUT2D eigenvalue weighted by atomic mass is 9.79. The van der Waals surface area contributed by atoms with Gasteiger partial charge in [0, 0.05) is 13.2 Å². The fourth-order valence-corrected chi connectivity index (χ4v) is 3.30. The van der Waals surface area contributed by atoms with Crippen LogP contribution in [0.2, 0.25) is 0 Å². The van der Waals surface area contributed by atoms with Crippen LogP contribution in [0.25, 0.3) is 0 Å². The third-order valence-electron chi connectivity index (χ3n) is 4.70. The van der Waals surface area contributed by atoms with Gasteiger partial charge in [0.2, 0.25) is 5.91 Å². The van der Waals surface area contributed by atoms with Crippen molar-refractivity contribution in [3.8, 4) is 0 Å². The summed E-state index contributed by atoms with van der Waals surface area (Å²) in [4.78, 5) is 12.2. The Bertz CT molecular complexity index is 288. The smallest absolute Gasteiger partial charge is 0.240 e. The first kappa shape index (κ1) is 13.8. The van der Waals surface area contributed by atoms with Gasteiger partial charge in [-0.3, -0.25) is 4.79 Å². The molecule has 1 saturated heterocycles. The standard InChI is InChI=1S/C14H26N2O2/c1-14(7-4-8-16-14)13(18)15-9-11-5-2-3-6-12(11)10-17/h11-12,16-17H,2-10H2,1H3,(H,15,18). The molecule has 18 heavy (non-hydrogen) atoms. The van der Waals surface area contributed by atoms with Gasteiger partial charge < -0.3 is 15.7 Å². The Balaban J connectivity index is 1.81. The number of aliphatic hydroxyl groups is 1. The average Bonchev–Trinajstić information content (AvgIpc) is 2.84. The molecule has 3 unspecified atom stereocenters. The van der Waals surface area contributed by atoms with E-state index < -0.39 is 0 Å². The quantitative estimate of drug-likeness (QED) is 0.702. The van der Waals surface area contributed by atoms with Crippen LogP contribution in [0, 0.1) is 11.8 Å². The topological polar surface area (TPSA) is 61.4 Å². The summed E-state index contributed by atoms with van der Waals surface area (Å²) in [6.07, 6.45) is 6.68. The molecule has 1 heterocycles. The molecule has 2 aliphatic rings. The maximum Gasteiger partial charge on any atom is 0.240 e. The highest BCUT2D eigenvalue weighted by atomic mass is 16.3. The molecule has 0 radical (unpaired) electrons. The van der Waals surface area contributed by atoms with Gasteiger partial charge in [-0.15, -0.1) is 0 Å². The first-order valence-corrected chi connectivity index (χ1v) is 7.30. The summed E-state index contributed by atoms with van der Waals surface area (Å²) in [6.45, 7) is 3.91. The van der Waals surface area contributed by atoms with E-state index in [0.29, 0.717) is 11.8 Å². The average molecular weight is 254 g/mol. The van der Waals surface area contributed by atoms with Gasteiger partial charge >= 0.3 is 0 Å². The summed E-state index contributed by atoms with van der Waals surface area (Å²) in [6, 6.07) is 0. The molecule has 1 aliphatic carbocycles. The van der Waals surface area contributed by atoms with E-state index in [4.69, 9.17) is 0 Å². The fourth-order valence-electron chi connectivity index (χ4n) is 3.30. The van der Waals surface area contributed by atoms with E-state index in [1.807, 2.05) is 6.92 Å². The number of nitrogens with one attached hydrogen (secondary N) is 2. The number of carbonyl (C=O) groups excluding carboxylic acids is 1. The van der Waals surface area contributed by atoms with Gasteiger partial charge in [0.15, 0.2) is 0 Å². The van der Waals surface area contributed by atoms with Crippen LogP contribution >= 0.6 is 0 Å². The summed E-state index contributed by atoms with van der Waals surface area (Å²) >= 11 is 0. The van der Waals surface area contributed by atoms with E-state index in [2.05, 4.69) is 10.6 Å². The van der Waals surface area contributed by atoms with Gasteiger partial charge in [-0.05, 0) is 51.0 Å². The molecule has 4 heteroatoms. The normalized spacial score (nSPS) is 36.6. The molecule has 2 fully saturated rings. The SMILES string of the molecule is CC1(C(=O)NCC2CCCCC2CO)CCCN1. The van der Waals surface area contributed by atoms with Crippen LogP contribution in [-0.4, -0.2) is 36.2 Å². The second kappa shape index (κ2) is 6.02. The van der Waals surface area contributed by atoms with Crippen molar-refractivity contribution in [2.45, 2.75) is 51.0 Å². The molecular weight excluding hydrogens is 228 g/mol. The Kier molecular flexibility index (Phi) is 4.62. The molecule has 4 nitrogen and oxygen atoms in total. The Labute approximate surface area is 110 Å². The lowest BCUT2D eigenvalue weighted by Crippen LogP contribution is -2.52. The largest absolute Gasteiger partial charge is 0.396 e. The zero-order valence-corrected chi connectivity index (χ0v) is 11.4. The lowest BCUT2D eigenvalue weighted by Gasteiger charge is -2.31. The molecule has 0 aromatic rings. The summed E-state index contributed by atoms with van der Waals surface area (Å²) in [7, 11) is 0. The second-order valence-corrected chi connectivity index (χ2v) is 6.06. The molecule has 0 aromatic heterocycles. The van der Waals surface area contributed by atoms with E-state index >= 15 is 0 Å². The van der Waals surface area contributed by atoms with Crippen LogP contribution in [0.5, 0.6) is 0 Å². The van der Waals surface area contributed by atoms with Crippen molar-refractivity contribution >= 4 is 5.91 Å². The highest BCUT2D eigenvalue weighted by Gasteiger charge is 2.36. The molecule has 0 bridgehead atoms. The van der Waals surface area contributed by atoms with Gasteiger partial charge in [0.25, 0.3) is 0 Å². The van der Waals surface area contributed by atoms with Crippen molar-refractivity contribution in [1.29, 1.82) is 0 Å². The van der Waals surface area contributed by atoms with Crippen LogP contribution in [0.3, 0.4) is 0 Å². The maximum atomic E-state index is 12.2.